The van der Waals surface area contributed by atoms with Gasteiger partial charge in [0.2, 0.25) is 0 Å². The van der Waals surface area contributed by atoms with E-state index in [0.717, 1.165) is 12.8 Å². The molecule has 4 heteroatoms. The number of urea groups is 1. The van der Waals surface area contributed by atoms with Crippen molar-refractivity contribution in [2.75, 3.05) is 18.5 Å². The van der Waals surface area contributed by atoms with Crippen LogP contribution in [-0.4, -0.2) is 19.2 Å². The van der Waals surface area contributed by atoms with Gasteiger partial charge in [-0.05, 0) is 25.5 Å². The van der Waals surface area contributed by atoms with Gasteiger partial charge in [0.05, 0.1) is 12.3 Å². The number of hydrogen-bond acceptors (Lipinski definition) is 2. The molecule has 0 aromatic heterocycles. The summed E-state index contributed by atoms with van der Waals surface area (Å²) in [5.41, 5.74) is 0.698. The van der Waals surface area contributed by atoms with Crippen molar-refractivity contribution < 1.29 is 9.53 Å². The predicted octanol–water partition coefficient (Wildman–Crippen LogP) is 3.01. The fourth-order valence-corrected chi connectivity index (χ4v) is 1.40. The van der Waals surface area contributed by atoms with E-state index in [1.54, 1.807) is 0 Å². The van der Waals surface area contributed by atoms with Crippen LogP contribution in [0.3, 0.4) is 0 Å². The normalized spacial score (nSPS) is 9.76. The molecule has 0 atom stereocenters. The zero-order chi connectivity index (χ0) is 12.5. The summed E-state index contributed by atoms with van der Waals surface area (Å²) in [5, 5.41) is 5.57. The van der Waals surface area contributed by atoms with Crippen molar-refractivity contribution in [3.63, 3.8) is 0 Å². The van der Waals surface area contributed by atoms with Gasteiger partial charge >= 0.3 is 6.03 Å². The largest absolute Gasteiger partial charge is 0.492 e. The fourth-order valence-electron chi connectivity index (χ4n) is 1.40. The maximum Gasteiger partial charge on any atom is 0.319 e. The molecule has 2 amide bonds. The molecular formula is C13H20N2O2. The van der Waals surface area contributed by atoms with Crippen LogP contribution >= 0.6 is 0 Å². The Labute approximate surface area is 102 Å². The average molecular weight is 236 g/mol. The van der Waals surface area contributed by atoms with Gasteiger partial charge in [-0.2, -0.15) is 0 Å². The van der Waals surface area contributed by atoms with Gasteiger partial charge in [-0.25, -0.2) is 4.79 Å². The van der Waals surface area contributed by atoms with Crippen molar-refractivity contribution in [2.45, 2.75) is 26.7 Å². The van der Waals surface area contributed by atoms with Gasteiger partial charge in [0.15, 0.2) is 0 Å². The SMILES string of the molecule is CCCCNC(=O)Nc1ccccc1OCC. The molecule has 94 valence electrons. The summed E-state index contributed by atoms with van der Waals surface area (Å²) in [5.74, 6) is 0.695. The highest BCUT2D eigenvalue weighted by atomic mass is 16.5. The van der Waals surface area contributed by atoms with Crippen LogP contribution < -0.4 is 15.4 Å². The molecule has 0 spiro atoms. The second kappa shape index (κ2) is 7.54. The molecule has 1 rings (SSSR count). The van der Waals surface area contributed by atoms with Gasteiger partial charge in [0, 0.05) is 6.54 Å². The Hall–Kier alpha value is -1.71. The first-order valence-corrected chi connectivity index (χ1v) is 6.04. The van der Waals surface area contributed by atoms with Crippen LogP contribution in [0.15, 0.2) is 24.3 Å². The average Bonchev–Trinajstić information content (AvgIpc) is 2.32. The first-order valence-electron chi connectivity index (χ1n) is 6.04. The van der Waals surface area contributed by atoms with Crippen LogP contribution in [-0.2, 0) is 0 Å². The summed E-state index contributed by atoms with van der Waals surface area (Å²) in [6.07, 6.45) is 2.05. The number of nitrogens with one attached hydrogen (secondary N) is 2. The standard InChI is InChI=1S/C13H20N2O2/c1-3-5-10-14-13(16)15-11-8-6-7-9-12(11)17-4-2/h6-9H,3-5,10H2,1-2H3,(H2,14,15,16). The van der Waals surface area contributed by atoms with E-state index >= 15 is 0 Å². The summed E-state index contributed by atoms with van der Waals surface area (Å²) in [4.78, 5) is 11.6. The molecule has 0 aliphatic carbocycles. The van der Waals surface area contributed by atoms with E-state index in [-0.39, 0.29) is 6.03 Å². The van der Waals surface area contributed by atoms with Crippen molar-refractivity contribution >= 4 is 11.7 Å². The third-order valence-corrected chi connectivity index (χ3v) is 2.25. The minimum Gasteiger partial charge on any atom is -0.492 e. The Morgan fingerprint density at radius 2 is 2.06 bits per heavy atom. The van der Waals surface area contributed by atoms with Crippen molar-refractivity contribution in [1.29, 1.82) is 0 Å². The number of unbranched alkanes of at least 4 members (excludes halogenated alkanes) is 1. The molecule has 1 aromatic rings. The lowest BCUT2D eigenvalue weighted by molar-refractivity contribution is 0.251. The molecular weight excluding hydrogens is 216 g/mol. The number of benzene rings is 1. The highest BCUT2D eigenvalue weighted by Crippen LogP contribution is 2.23. The Morgan fingerprint density at radius 1 is 1.29 bits per heavy atom. The molecule has 0 bridgehead atoms. The van der Waals surface area contributed by atoms with Crippen LogP contribution in [0, 0.1) is 0 Å². The van der Waals surface area contributed by atoms with Gasteiger partial charge in [0.25, 0.3) is 0 Å². The van der Waals surface area contributed by atoms with E-state index in [4.69, 9.17) is 4.74 Å². The minimum absolute atomic E-state index is 0.189. The molecule has 2 N–H and O–H groups in total. The number of anilines is 1. The zero-order valence-corrected chi connectivity index (χ0v) is 10.5. The van der Waals surface area contributed by atoms with E-state index < -0.39 is 0 Å². The maximum atomic E-state index is 11.6. The van der Waals surface area contributed by atoms with Crippen LogP contribution in [0.5, 0.6) is 5.75 Å². The number of para-hydroxylation sites is 2. The maximum absolute atomic E-state index is 11.6. The van der Waals surface area contributed by atoms with Gasteiger partial charge in [-0.3, -0.25) is 0 Å². The minimum atomic E-state index is -0.189. The van der Waals surface area contributed by atoms with E-state index in [9.17, 15) is 4.79 Å². The Kier molecular flexibility index (Phi) is 5.93. The smallest absolute Gasteiger partial charge is 0.319 e. The van der Waals surface area contributed by atoms with Gasteiger partial charge in [0.1, 0.15) is 5.75 Å². The molecule has 4 nitrogen and oxygen atoms in total. The van der Waals surface area contributed by atoms with E-state index in [2.05, 4.69) is 17.6 Å². The van der Waals surface area contributed by atoms with Crippen molar-refractivity contribution in [1.82, 2.24) is 5.32 Å². The lowest BCUT2D eigenvalue weighted by Gasteiger charge is -2.11. The lowest BCUT2D eigenvalue weighted by atomic mass is 10.3. The molecule has 0 saturated carbocycles. The van der Waals surface area contributed by atoms with Crippen molar-refractivity contribution in [2.24, 2.45) is 0 Å². The highest BCUT2D eigenvalue weighted by molar-refractivity contribution is 5.90. The van der Waals surface area contributed by atoms with Gasteiger partial charge in [-0.1, -0.05) is 25.5 Å². The van der Waals surface area contributed by atoms with Gasteiger partial charge < -0.3 is 15.4 Å². The predicted molar refractivity (Wildman–Crippen MR) is 69.5 cm³/mol. The Morgan fingerprint density at radius 3 is 2.76 bits per heavy atom. The highest BCUT2D eigenvalue weighted by Gasteiger charge is 2.05. The summed E-state index contributed by atoms with van der Waals surface area (Å²) >= 11 is 0. The van der Waals surface area contributed by atoms with Crippen molar-refractivity contribution in [3.8, 4) is 5.75 Å². The summed E-state index contributed by atoms with van der Waals surface area (Å²) in [6.45, 7) is 5.28. The second-order valence-electron chi connectivity index (χ2n) is 3.66. The third kappa shape index (κ3) is 4.76. The summed E-state index contributed by atoms with van der Waals surface area (Å²) in [6, 6.07) is 7.22. The monoisotopic (exact) mass is 236 g/mol. The molecule has 0 radical (unpaired) electrons. The first kappa shape index (κ1) is 13.4. The lowest BCUT2D eigenvalue weighted by Crippen LogP contribution is -2.29. The molecule has 0 heterocycles. The molecule has 17 heavy (non-hydrogen) atoms. The number of carbonyl (C=O) groups excluding carboxylic acids is 1. The first-order chi connectivity index (χ1) is 8.27. The quantitative estimate of drug-likeness (QED) is 0.746. The molecule has 0 aliphatic heterocycles. The van der Waals surface area contributed by atoms with Gasteiger partial charge in [-0.15, -0.1) is 0 Å². The van der Waals surface area contributed by atoms with Crippen LogP contribution in [0.1, 0.15) is 26.7 Å². The number of rotatable bonds is 6. The fraction of sp³-hybridized carbons (Fsp3) is 0.462. The third-order valence-electron chi connectivity index (χ3n) is 2.25. The van der Waals surface area contributed by atoms with Crippen molar-refractivity contribution in [3.05, 3.63) is 24.3 Å². The molecule has 0 aliphatic rings. The number of hydrogen-bond donors (Lipinski definition) is 2. The molecule has 0 saturated heterocycles. The Balaban J connectivity index is 2.52. The topological polar surface area (TPSA) is 50.4 Å². The second-order valence-corrected chi connectivity index (χ2v) is 3.66. The zero-order valence-electron chi connectivity index (χ0n) is 10.5. The number of carbonyl (C=O) groups is 1. The molecule has 0 fully saturated rings. The van der Waals surface area contributed by atoms with Crippen LogP contribution in [0.25, 0.3) is 0 Å². The Bertz CT molecular complexity index is 353. The summed E-state index contributed by atoms with van der Waals surface area (Å²) < 4.78 is 5.42. The van der Waals surface area contributed by atoms with Crippen LogP contribution in [0.4, 0.5) is 10.5 Å². The number of ether oxygens (including phenoxy) is 1. The van der Waals surface area contributed by atoms with Crippen LogP contribution in [0.2, 0.25) is 0 Å². The molecule has 0 unspecified atom stereocenters. The summed E-state index contributed by atoms with van der Waals surface area (Å²) in [7, 11) is 0. The van der Waals surface area contributed by atoms with E-state index in [1.807, 2.05) is 31.2 Å². The molecule has 1 aromatic carbocycles. The number of amides is 2. The van der Waals surface area contributed by atoms with E-state index in [1.165, 1.54) is 0 Å². The van der Waals surface area contributed by atoms with E-state index in [0.29, 0.717) is 24.6 Å².